The molecule has 0 amide bonds. The highest BCUT2D eigenvalue weighted by atomic mass is 15.2. The molecule has 52 heavy (non-hydrogen) atoms. The van der Waals surface area contributed by atoms with Crippen molar-refractivity contribution in [1.82, 2.24) is 9.97 Å². The second-order valence-electron chi connectivity index (χ2n) is 13.5. The van der Waals surface area contributed by atoms with Crippen LogP contribution in [0.2, 0.25) is 0 Å². The van der Waals surface area contributed by atoms with Gasteiger partial charge in [0.25, 0.3) is 0 Å². The largest absolute Gasteiger partial charge is 0.310 e. The molecule has 0 fully saturated rings. The number of fused-ring (bicyclic) bond motifs is 4. The highest BCUT2D eigenvalue weighted by Gasteiger charge is 2.25. The van der Waals surface area contributed by atoms with E-state index >= 15 is 0 Å². The van der Waals surface area contributed by atoms with Crippen molar-refractivity contribution < 1.29 is 0 Å². The highest BCUT2D eigenvalue weighted by Crippen LogP contribution is 2.45. The standard InChI is InChI=1S/C48H34N4/c1-5-13-45-37(9-1)29-38-10-2-6-14-46(38)51(45)41-21-17-33(18-22-41)43-31-35(25-27-49-43)36-26-28-50-44(32-36)34-19-23-42(24-20-34)52-47-15-7-3-11-39(47)30-40-12-4-8-16-48(40)52/h1-28,31-32H,29-30H2. The Labute approximate surface area is 304 Å². The second kappa shape index (κ2) is 12.5. The van der Waals surface area contributed by atoms with Crippen LogP contribution in [0.15, 0.2) is 182 Å². The molecule has 8 aromatic rings. The third-order valence-electron chi connectivity index (χ3n) is 10.4. The van der Waals surface area contributed by atoms with Gasteiger partial charge in [-0.1, -0.05) is 97.1 Å². The van der Waals surface area contributed by atoms with E-state index in [9.17, 15) is 0 Å². The lowest BCUT2D eigenvalue weighted by Gasteiger charge is -2.33. The molecule has 0 atom stereocenters. The molecule has 246 valence electrons. The highest BCUT2D eigenvalue weighted by molar-refractivity contribution is 5.86. The van der Waals surface area contributed by atoms with E-state index in [1.54, 1.807) is 0 Å². The summed E-state index contributed by atoms with van der Waals surface area (Å²) in [6.07, 6.45) is 5.70. The molecule has 0 saturated heterocycles. The second-order valence-corrected chi connectivity index (χ2v) is 13.5. The first kappa shape index (κ1) is 30.1. The Hall–Kier alpha value is -6.78. The number of para-hydroxylation sites is 4. The quantitative estimate of drug-likeness (QED) is 0.183. The van der Waals surface area contributed by atoms with Gasteiger partial charge in [-0.3, -0.25) is 9.97 Å². The zero-order valence-corrected chi connectivity index (χ0v) is 28.5. The van der Waals surface area contributed by atoms with Crippen LogP contribution in [0.1, 0.15) is 22.3 Å². The van der Waals surface area contributed by atoms with Crippen molar-refractivity contribution in [2.45, 2.75) is 12.8 Å². The molecule has 4 heterocycles. The fourth-order valence-electron chi connectivity index (χ4n) is 7.84. The van der Waals surface area contributed by atoms with E-state index in [1.165, 1.54) is 45.0 Å². The Morgan fingerprint density at radius 1 is 0.327 bits per heavy atom. The molecule has 4 heteroatoms. The zero-order chi connectivity index (χ0) is 34.4. The summed E-state index contributed by atoms with van der Waals surface area (Å²) < 4.78 is 0. The van der Waals surface area contributed by atoms with Gasteiger partial charge in [-0.15, -0.1) is 0 Å². The average molecular weight is 667 g/mol. The van der Waals surface area contributed by atoms with E-state index < -0.39 is 0 Å². The SMILES string of the molecule is c1ccc2c(c1)Cc1ccccc1N2c1ccc(-c2cc(-c3ccnc(-c4ccc(N5c6ccccc6Cc6ccccc65)cc4)c3)ccn2)cc1. The summed E-state index contributed by atoms with van der Waals surface area (Å²) in [4.78, 5) is 14.3. The summed E-state index contributed by atoms with van der Waals surface area (Å²) in [5.74, 6) is 0. The van der Waals surface area contributed by atoms with Gasteiger partial charge < -0.3 is 9.80 Å². The predicted octanol–water partition coefficient (Wildman–Crippen LogP) is 12.2. The topological polar surface area (TPSA) is 32.3 Å². The smallest absolute Gasteiger partial charge is 0.0708 e. The van der Waals surface area contributed by atoms with Gasteiger partial charge in [-0.25, -0.2) is 0 Å². The van der Waals surface area contributed by atoms with Crippen LogP contribution >= 0.6 is 0 Å². The van der Waals surface area contributed by atoms with Crippen molar-refractivity contribution in [3.63, 3.8) is 0 Å². The number of nitrogens with zero attached hydrogens (tertiary/aromatic N) is 4. The molecule has 0 saturated carbocycles. The van der Waals surface area contributed by atoms with Crippen LogP contribution in [0.3, 0.4) is 0 Å². The number of pyridine rings is 2. The maximum atomic E-state index is 4.78. The van der Waals surface area contributed by atoms with Gasteiger partial charge in [0.1, 0.15) is 0 Å². The monoisotopic (exact) mass is 666 g/mol. The maximum absolute atomic E-state index is 4.78. The minimum Gasteiger partial charge on any atom is -0.310 e. The van der Waals surface area contributed by atoms with Gasteiger partial charge in [0.15, 0.2) is 0 Å². The number of hydrogen-bond donors (Lipinski definition) is 0. The molecular weight excluding hydrogens is 633 g/mol. The van der Waals surface area contributed by atoms with E-state index in [0.29, 0.717) is 0 Å². The molecule has 4 nitrogen and oxygen atoms in total. The lowest BCUT2D eigenvalue weighted by molar-refractivity contribution is 1.09. The van der Waals surface area contributed by atoms with Gasteiger partial charge in [-0.2, -0.15) is 0 Å². The van der Waals surface area contributed by atoms with Crippen molar-refractivity contribution in [2.75, 3.05) is 9.80 Å². The maximum Gasteiger partial charge on any atom is 0.0708 e. The summed E-state index contributed by atoms with van der Waals surface area (Å²) in [5, 5.41) is 0. The zero-order valence-electron chi connectivity index (χ0n) is 28.5. The summed E-state index contributed by atoms with van der Waals surface area (Å²) in [6, 6.07) is 60.8. The number of anilines is 6. The van der Waals surface area contributed by atoms with Crippen LogP contribution in [0.5, 0.6) is 0 Å². The Balaban J connectivity index is 0.931. The minimum absolute atomic E-state index is 0.938. The lowest BCUT2D eigenvalue weighted by atomic mass is 9.95. The molecule has 10 rings (SSSR count). The third kappa shape index (κ3) is 5.24. The Bertz CT molecular complexity index is 2320. The predicted molar refractivity (Wildman–Crippen MR) is 213 cm³/mol. The van der Waals surface area contributed by atoms with Crippen LogP contribution in [0.4, 0.5) is 34.1 Å². The van der Waals surface area contributed by atoms with Crippen molar-refractivity contribution in [3.05, 3.63) is 205 Å². The molecule has 2 aliphatic heterocycles. The first-order valence-corrected chi connectivity index (χ1v) is 17.8. The molecule has 0 aliphatic carbocycles. The van der Waals surface area contributed by atoms with Gasteiger partial charge in [0.05, 0.1) is 11.4 Å². The fraction of sp³-hybridized carbons (Fsp3) is 0.0417. The Morgan fingerprint density at radius 2 is 0.654 bits per heavy atom. The van der Waals surface area contributed by atoms with Crippen LogP contribution in [-0.2, 0) is 12.8 Å². The minimum atomic E-state index is 0.938. The number of hydrogen-bond acceptors (Lipinski definition) is 4. The van der Waals surface area contributed by atoms with E-state index in [0.717, 1.165) is 57.9 Å². The van der Waals surface area contributed by atoms with E-state index in [4.69, 9.17) is 9.97 Å². The van der Waals surface area contributed by atoms with Crippen LogP contribution in [-0.4, -0.2) is 9.97 Å². The van der Waals surface area contributed by atoms with Gasteiger partial charge in [0, 0.05) is 70.5 Å². The van der Waals surface area contributed by atoms with E-state index in [1.807, 2.05) is 12.4 Å². The summed E-state index contributed by atoms with van der Waals surface area (Å²) in [7, 11) is 0. The van der Waals surface area contributed by atoms with E-state index in [2.05, 4.69) is 180 Å². The van der Waals surface area contributed by atoms with Crippen molar-refractivity contribution >= 4 is 34.1 Å². The number of rotatable bonds is 5. The van der Waals surface area contributed by atoms with Crippen LogP contribution in [0.25, 0.3) is 33.6 Å². The molecule has 0 radical (unpaired) electrons. The van der Waals surface area contributed by atoms with Gasteiger partial charge in [0.2, 0.25) is 0 Å². The van der Waals surface area contributed by atoms with Gasteiger partial charge in [-0.05, 0) is 106 Å². The number of aromatic nitrogens is 2. The molecule has 6 aromatic carbocycles. The summed E-state index contributed by atoms with van der Waals surface area (Å²) in [5.41, 5.74) is 18.8. The Kier molecular flexibility index (Phi) is 7.24. The fourth-order valence-corrected chi connectivity index (χ4v) is 7.84. The Morgan fingerprint density at radius 3 is 1.00 bits per heavy atom. The first-order chi connectivity index (χ1) is 25.8. The molecule has 0 bridgehead atoms. The third-order valence-corrected chi connectivity index (χ3v) is 10.4. The van der Waals surface area contributed by atoms with Gasteiger partial charge >= 0.3 is 0 Å². The number of benzene rings is 6. The van der Waals surface area contributed by atoms with Crippen molar-refractivity contribution in [1.29, 1.82) is 0 Å². The normalized spacial score (nSPS) is 12.8. The summed E-state index contributed by atoms with van der Waals surface area (Å²) in [6.45, 7) is 0. The average Bonchev–Trinajstić information content (AvgIpc) is 3.22. The molecule has 0 N–H and O–H groups in total. The van der Waals surface area contributed by atoms with Crippen molar-refractivity contribution in [3.8, 4) is 33.6 Å². The van der Waals surface area contributed by atoms with Crippen LogP contribution in [0, 0.1) is 0 Å². The molecule has 2 aliphatic rings. The first-order valence-electron chi connectivity index (χ1n) is 17.8. The van der Waals surface area contributed by atoms with Crippen LogP contribution < -0.4 is 9.80 Å². The molecule has 2 aromatic heterocycles. The molecular formula is C48H34N4. The molecule has 0 unspecified atom stereocenters. The van der Waals surface area contributed by atoms with E-state index in [-0.39, 0.29) is 0 Å². The lowest BCUT2D eigenvalue weighted by Crippen LogP contribution is -2.18. The molecule has 0 spiro atoms. The van der Waals surface area contributed by atoms with Crippen molar-refractivity contribution in [2.24, 2.45) is 0 Å². The summed E-state index contributed by atoms with van der Waals surface area (Å²) >= 11 is 0.